The first-order valence-corrected chi connectivity index (χ1v) is 14.5. The summed E-state index contributed by atoms with van der Waals surface area (Å²) in [6.07, 6.45) is 35.0. The van der Waals surface area contributed by atoms with Gasteiger partial charge in [0.1, 0.15) is 6.17 Å². The zero-order valence-electron chi connectivity index (χ0n) is 21.9. The fourth-order valence-electron chi connectivity index (χ4n) is 4.95. The summed E-state index contributed by atoms with van der Waals surface area (Å²) in [7, 11) is 0. The molecule has 2 nitrogen and oxygen atoms in total. The van der Waals surface area contributed by atoms with Gasteiger partial charge in [-0.2, -0.15) is 0 Å². The van der Waals surface area contributed by atoms with E-state index >= 15 is 0 Å². The molecule has 1 aliphatic rings. The van der Waals surface area contributed by atoms with E-state index in [1.165, 1.54) is 148 Å². The second-order valence-corrected chi connectivity index (χ2v) is 10.1. The lowest BCUT2D eigenvalue weighted by Gasteiger charge is -2.33. The molecule has 0 aromatic rings. The number of unbranched alkanes of at least 4 members (excludes halogenated alkanes) is 17. The first-order chi connectivity index (χ1) is 15.3. The van der Waals surface area contributed by atoms with Crippen molar-refractivity contribution in [3.63, 3.8) is 0 Å². The van der Waals surface area contributed by atoms with E-state index in [1.807, 2.05) is 0 Å². The lowest BCUT2D eigenvalue weighted by Crippen LogP contribution is -2.39. The molecule has 0 aliphatic carbocycles. The molecule has 0 fully saturated rings. The third-order valence-corrected chi connectivity index (χ3v) is 7.07. The molecule has 0 spiro atoms. The van der Waals surface area contributed by atoms with Crippen molar-refractivity contribution in [1.82, 2.24) is 9.80 Å². The maximum Gasteiger partial charge on any atom is 0.101 e. The van der Waals surface area contributed by atoms with Crippen molar-refractivity contribution in [2.75, 3.05) is 13.1 Å². The molecule has 1 aliphatic heterocycles. The Hall–Kier alpha value is -0.660. The molecule has 1 rings (SSSR count). The lowest BCUT2D eigenvalue weighted by atomic mass is 10.1. The van der Waals surface area contributed by atoms with Gasteiger partial charge in [-0.15, -0.1) is 0 Å². The fourth-order valence-corrected chi connectivity index (χ4v) is 4.95. The summed E-state index contributed by atoms with van der Waals surface area (Å²) >= 11 is 0. The van der Waals surface area contributed by atoms with Gasteiger partial charge in [0.05, 0.1) is 0 Å². The Labute approximate surface area is 197 Å². The maximum atomic E-state index is 2.67. The molecule has 31 heavy (non-hydrogen) atoms. The predicted molar refractivity (Wildman–Crippen MR) is 140 cm³/mol. The number of rotatable bonds is 23. The molecule has 0 aromatic heterocycles. The molecule has 0 radical (unpaired) electrons. The quantitative estimate of drug-likeness (QED) is 0.148. The van der Waals surface area contributed by atoms with E-state index in [4.69, 9.17) is 0 Å². The molecular weight excluding hydrogens is 376 g/mol. The number of hydrogen-bond acceptors (Lipinski definition) is 2. The minimum absolute atomic E-state index is 0.644. The maximum absolute atomic E-state index is 2.67. The molecule has 2 heteroatoms. The van der Waals surface area contributed by atoms with E-state index in [0.29, 0.717) is 6.17 Å². The zero-order chi connectivity index (χ0) is 22.4. The van der Waals surface area contributed by atoms with Crippen molar-refractivity contribution in [3.05, 3.63) is 12.4 Å². The van der Waals surface area contributed by atoms with Crippen molar-refractivity contribution in [2.45, 2.75) is 162 Å². The minimum Gasteiger partial charge on any atom is -0.356 e. The van der Waals surface area contributed by atoms with Gasteiger partial charge in [-0.25, -0.2) is 0 Å². The van der Waals surface area contributed by atoms with Crippen molar-refractivity contribution < 1.29 is 0 Å². The van der Waals surface area contributed by atoms with Crippen molar-refractivity contribution in [2.24, 2.45) is 0 Å². The van der Waals surface area contributed by atoms with E-state index in [9.17, 15) is 0 Å². The van der Waals surface area contributed by atoms with Crippen molar-refractivity contribution in [3.8, 4) is 0 Å². The van der Waals surface area contributed by atoms with Gasteiger partial charge < -0.3 is 9.80 Å². The van der Waals surface area contributed by atoms with Crippen LogP contribution in [0.2, 0.25) is 0 Å². The smallest absolute Gasteiger partial charge is 0.101 e. The second-order valence-electron chi connectivity index (χ2n) is 10.1. The highest BCUT2D eigenvalue weighted by Crippen LogP contribution is 2.23. The largest absolute Gasteiger partial charge is 0.356 e. The summed E-state index contributed by atoms with van der Waals surface area (Å²) < 4.78 is 0. The first kappa shape index (κ1) is 28.4. The Morgan fingerprint density at radius 3 is 1.13 bits per heavy atom. The van der Waals surface area contributed by atoms with Gasteiger partial charge in [-0.3, -0.25) is 0 Å². The van der Waals surface area contributed by atoms with E-state index in [-0.39, 0.29) is 0 Å². The van der Waals surface area contributed by atoms with Crippen LogP contribution in [0.25, 0.3) is 0 Å². The lowest BCUT2D eigenvalue weighted by molar-refractivity contribution is 0.135. The highest BCUT2D eigenvalue weighted by molar-refractivity contribution is 4.96. The molecule has 0 saturated heterocycles. The summed E-state index contributed by atoms with van der Waals surface area (Å²) in [5, 5.41) is 0. The second kappa shape index (κ2) is 21.2. The number of hydrogen-bond donors (Lipinski definition) is 0. The van der Waals surface area contributed by atoms with Gasteiger partial charge in [0, 0.05) is 25.5 Å². The fraction of sp³-hybridized carbons (Fsp3) is 0.931. The van der Waals surface area contributed by atoms with Gasteiger partial charge in [0.15, 0.2) is 0 Å². The van der Waals surface area contributed by atoms with Gasteiger partial charge in [-0.1, -0.05) is 130 Å². The molecular formula is C29H58N2. The zero-order valence-corrected chi connectivity index (χ0v) is 21.9. The van der Waals surface area contributed by atoms with E-state index < -0.39 is 0 Å². The topological polar surface area (TPSA) is 6.48 Å². The Balaban J connectivity index is 2.17. The van der Waals surface area contributed by atoms with Crippen LogP contribution in [0.5, 0.6) is 0 Å². The molecule has 1 unspecified atom stereocenters. The molecule has 0 saturated carbocycles. The highest BCUT2D eigenvalue weighted by atomic mass is 15.4. The van der Waals surface area contributed by atoms with Crippen LogP contribution in [-0.2, 0) is 0 Å². The predicted octanol–water partition coefficient (Wildman–Crippen LogP) is 9.65. The van der Waals surface area contributed by atoms with Crippen LogP contribution in [0.1, 0.15) is 156 Å². The molecule has 1 heterocycles. The third kappa shape index (κ3) is 14.9. The Morgan fingerprint density at radius 1 is 0.419 bits per heavy atom. The van der Waals surface area contributed by atoms with Crippen LogP contribution in [-0.4, -0.2) is 29.1 Å². The van der Waals surface area contributed by atoms with Crippen molar-refractivity contribution >= 4 is 0 Å². The molecule has 0 aromatic carbocycles. The van der Waals surface area contributed by atoms with Crippen molar-refractivity contribution in [1.29, 1.82) is 0 Å². The Kier molecular flexibility index (Phi) is 19.4. The van der Waals surface area contributed by atoms with Crippen LogP contribution < -0.4 is 0 Å². The Bertz CT molecular complexity index is 392. The number of nitrogens with zero attached hydrogens (tertiary/aromatic N) is 2. The Morgan fingerprint density at radius 2 is 0.742 bits per heavy atom. The van der Waals surface area contributed by atoms with Crippen LogP contribution >= 0.6 is 0 Å². The normalized spacial score (nSPS) is 16.0. The molecule has 1 atom stereocenters. The first-order valence-electron chi connectivity index (χ1n) is 14.5. The highest BCUT2D eigenvalue weighted by Gasteiger charge is 2.24. The van der Waals surface area contributed by atoms with Crippen LogP contribution in [0.4, 0.5) is 0 Å². The molecule has 184 valence electrons. The molecule has 0 bridgehead atoms. The summed E-state index contributed by atoms with van der Waals surface area (Å²) in [6, 6.07) is 0. The summed E-state index contributed by atoms with van der Waals surface area (Å²) in [5.74, 6) is 0. The summed E-state index contributed by atoms with van der Waals surface area (Å²) in [5.41, 5.74) is 0. The summed E-state index contributed by atoms with van der Waals surface area (Å²) in [6.45, 7) is 9.45. The van der Waals surface area contributed by atoms with Gasteiger partial charge in [-0.05, 0) is 25.7 Å². The standard InChI is InChI=1S/C29H58N2/c1-4-7-10-12-14-15-16-18-20-23-26-31-28-27-30(29(31)24-21-9-6-3)25-22-19-17-13-11-8-5-2/h27-29H,4-26H2,1-3H3. The van der Waals surface area contributed by atoms with Gasteiger partial charge in [0.2, 0.25) is 0 Å². The van der Waals surface area contributed by atoms with E-state index in [2.05, 4.69) is 43.0 Å². The van der Waals surface area contributed by atoms with Crippen LogP contribution in [0, 0.1) is 0 Å². The third-order valence-electron chi connectivity index (χ3n) is 7.07. The van der Waals surface area contributed by atoms with E-state index in [1.54, 1.807) is 0 Å². The summed E-state index contributed by atoms with van der Waals surface area (Å²) in [4.78, 5) is 5.33. The monoisotopic (exact) mass is 434 g/mol. The van der Waals surface area contributed by atoms with Crippen LogP contribution in [0.15, 0.2) is 12.4 Å². The van der Waals surface area contributed by atoms with Crippen LogP contribution in [0.3, 0.4) is 0 Å². The molecule has 0 N–H and O–H groups in total. The average Bonchev–Trinajstić information content (AvgIpc) is 3.16. The average molecular weight is 435 g/mol. The van der Waals surface area contributed by atoms with Gasteiger partial charge >= 0.3 is 0 Å². The van der Waals surface area contributed by atoms with Gasteiger partial charge in [0.25, 0.3) is 0 Å². The molecule has 0 amide bonds. The SMILES string of the molecule is CCCCCCCCCCCCN1C=CN(CCCCCCCCC)C1CCCCC. The minimum atomic E-state index is 0.644. The van der Waals surface area contributed by atoms with E-state index in [0.717, 1.165) is 0 Å².